The highest BCUT2D eigenvalue weighted by atomic mass is 16.5. The summed E-state index contributed by atoms with van der Waals surface area (Å²) in [6.07, 6.45) is 0.0794. The summed E-state index contributed by atoms with van der Waals surface area (Å²) in [6.45, 7) is 6.34. The Bertz CT molecular complexity index is 680. The van der Waals surface area contributed by atoms with E-state index in [1.54, 1.807) is 7.11 Å². The molecule has 23 heavy (non-hydrogen) atoms. The summed E-state index contributed by atoms with van der Waals surface area (Å²) < 4.78 is 11.0. The third-order valence-electron chi connectivity index (χ3n) is 3.32. The standard InChI is InChI=1S/C19H23NO3/c1-13(2)23-17-9-8-15(11-18(17)22-4)12-20-19(21)16-7-5-6-14(3)10-16/h5-11,13H,12H2,1-4H3,(H,20,21). The second-order valence-electron chi connectivity index (χ2n) is 5.70. The van der Waals surface area contributed by atoms with Crippen molar-refractivity contribution in [2.75, 3.05) is 7.11 Å². The maximum atomic E-state index is 12.2. The minimum Gasteiger partial charge on any atom is -0.493 e. The van der Waals surface area contributed by atoms with Gasteiger partial charge in [0, 0.05) is 12.1 Å². The minimum absolute atomic E-state index is 0.0794. The lowest BCUT2D eigenvalue weighted by Crippen LogP contribution is -2.22. The fourth-order valence-electron chi connectivity index (χ4n) is 2.24. The van der Waals surface area contributed by atoms with E-state index in [4.69, 9.17) is 9.47 Å². The Balaban J connectivity index is 2.04. The molecule has 0 fully saturated rings. The number of hydrogen-bond donors (Lipinski definition) is 1. The molecule has 0 saturated heterocycles. The molecule has 0 atom stereocenters. The predicted octanol–water partition coefficient (Wildman–Crippen LogP) is 3.72. The molecule has 2 rings (SSSR count). The molecular weight excluding hydrogens is 290 g/mol. The fraction of sp³-hybridized carbons (Fsp3) is 0.316. The Morgan fingerprint density at radius 2 is 1.91 bits per heavy atom. The molecule has 2 aromatic rings. The van der Waals surface area contributed by atoms with Crippen molar-refractivity contribution in [1.82, 2.24) is 5.32 Å². The number of amides is 1. The van der Waals surface area contributed by atoms with Crippen molar-refractivity contribution in [3.63, 3.8) is 0 Å². The molecule has 0 radical (unpaired) electrons. The van der Waals surface area contributed by atoms with Gasteiger partial charge in [0.25, 0.3) is 5.91 Å². The van der Waals surface area contributed by atoms with Crippen molar-refractivity contribution in [3.05, 3.63) is 59.2 Å². The Hall–Kier alpha value is -2.49. The van der Waals surface area contributed by atoms with Crippen LogP contribution in [0.3, 0.4) is 0 Å². The Kier molecular flexibility index (Phi) is 5.63. The smallest absolute Gasteiger partial charge is 0.251 e. The third kappa shape index (κ3) is 4.74. The number of benzene rings is 2. The Morgan fingerprint density at radius 3 is 2.57 bits per heavy atom. The molecular formula is C19H23NO3. The minimum atomic E-state index is -0.0878. The number of aryl methyl sites for hydroxylation is 1. The SMILES string of the molecule is COc1cc(CNC(=O)c2cccc(C)c2)ccc1OC(C)C. The van der Waals surface area contributed by atoms with Gasteiger partial charge in [0.1, 0.15) is 0 Å². The van der Waals surface area contributed by atoms with E-state index in [9.17, 15) is 4.79 Å². The zero-order chi connectivity index (χ0) is 16.8. The molecule has 0 aliphatic carbocycles. The van der Waals surface area contributed by atoms with Crippen LogP contribution in [-0.2, 0) is 6.54 Å². The van der Waals surface area contributed by atoms with Gasteiger partial charge < -0.3 is 14.8 Å². The van der Waals surface area contributed by atoms with Crippen LogP contribution in [0.4, 0.5) is 0 Å². The van der Waals surface area contributed by atoms with E-state index in [2.05, 4.69) is 5.32 Å². The van der Waals surface area contributed by atoms with Crippen LogP contribution in [-0.4, -0.2) is 19.1 Å². The van der Waals surface area contributed by atoms with E-state index in [1.807, 2.05) is 63.2 Å². The zero-order valence-electron chi connectivity index (χ0n) is 14.1. The van der Waals surface area contributed by atoms with Gasteiger partial charge in [-0.1, -0.05) is 23.8 Å². The van der Waals surface area contributed by atoms with Crippen molar-refractivity contribution < 1.29 is 14.3 Å². The van der Waals surface area contributed by atoms with E-state index in [0.717, 1.165) is 11.1 Å². The highest BCUT2D eigenvalue weighted by molar-refractivity contribution is 5.94. The Morgan fingerprint density at radius 1 is 1.13 bits per heavy atom. The average molecular weight is 313 g/mol. The molecule has 1 N–H and O–H groups in total. The maximum Gasteiger partial charge on any atom is 0.251 e. The summed E-state index contributed by atoms with van der Waals surface area (Å²) in [6, 6.07) is 13.2. The van der Waals surface area contributed by atoms with E-state index < -0.39 is 0 Å². The highest BCUT2D eigenvalue weighted by Gasteiger charge is 2.09. The molecule has 0 aliphatic rings. The molecule has 0 unspecified atom stereocenters. The van der Waals surface area contributed by atoms with E-state index in [-0.39, 0.29) is 12.0 Å². The third-order valence-corrected chi connectivity index (χ3v) is 3.32. The zero-order valence-corrected chi connectivity index (χ0v) is 14.1. The monoisotopic (exact) mass is 313 g/mol. The van der Waals surface area contributed by atoms with Crippen LogP contribution >= 0.6 is 0 Å². The van der Waals surface area contributed by atoms with Gasteiger partial charge in [0.15, 0.2) is 11.5 Å². The Labute approximate surface area is 137 Å². The van der Waals surface area contributed by atoms with Crippen LogP contribution < -0.4 is 14.8 Å². The lowest BCUT2D eigenvalue weighted by Gasteiger charge is -2.14. The molecule has 4 heteroatoms. The molecule has 0 spiro atoms. The summed E-state index contributed by atoms with van der Waals surface area (Å²) in [5.41, 5.74) is 2.69. The summed E-state index contributed by atoms with van der Waals surface area (Å²) in [7, 11) is 1.61. The number of ether oxygens (including phenoxy) is 2. The number of carbonyl (C=O) groups excluding carboxylic acids is 1. The first-order valence-corrected chi connectivity index (χ1v) is 7.68. The number of carbonyl (C=O) groups is 1. The van der Waals surface area contributed by atoms with E-state index in [0.29, 0.717) is 23.6 Å². The van der Waals surface area contributed by atoms with Gasteiger partial charge in [-0.2, -0.15) is 0 Å². The average Bonchev–Trinajstić information content (AvgIpc) is 2.53. The summed E-state index contributed by atoms with van der Waals surface area (Å²) in [4.78, 5) is 12.2. The second kappa shape index (κ2) is 7.68. The van der Waals surface area contributed by atoms with Gasteiger partial charge in [0.2, 0.25) is 0 Å². The van der Waals surface area contributed by atoms with E-state index in [1.165, 1.54) is 0 Å². The molecule has 122 valence electrons. The van der Waals surface area contributed by atoms with Gasteiger partial charge in [-0.15, -0.1) is 0 Å². The first-order chi connectivity index (χ1) is 11.0. The quantitative estimate of drug-likeness (QED) is 0.884. The molecule has 0 heterocycles. The molecule has 2 aromatic carbocycles. The molecule has 4 nitrogen and oxygen atoms in total. The highest BCUT2D eigenvalue weighted by Crippen LogP contribution is 2.28. The molecule has 0 bridgehead atoms. The van der Waals surface area contributed by atoms with Crippen molar-refractivity contribution in [2.45, 2.75) is 33.4 Å². The first kappa shape index (κ1) is 16.9. The van der Waals surface area contributed by atoms with Crippen LogP contribution in [0.25, 0.3) is 0 Å². The summed E-state index contributed by atoms with van der Waals surface area (Å²) in [5, 5.41) is 2.92. The van der Waals surface area contributed by atoms with Crippen LogP contribution in [0.5, 0.6) is 11.5 Å². The van der Waals surface area contributed by atoms with Gasteiger partial charge >= 0.3 is 0 Å². The van der Waals surface area contributed by atoms with Crippen LogP contribution in [0.15, 0.2) is 42.5 Å². The summed E-state index contributed by atoms with van der Waals surface area (Å²) >= 11 is 0. The lowest BCUT2D eigenvalue weighted by atomic mass is 10.1. The fourth-order valence-corrected chi connectivity index (χ4v) is 2.24. The van der Waals surface area contributed by atoms with Gasteiger partial charge in [-0.05, 0) is 50.6 Å². The number of nitrogens with one attached hydrogen (secondary N) is 1. The molecule has 1 amide bonds. The molecule has 0 aliphatic heterocycles. The topological polar surface area (TPSA) is 47.6 Å². The van der Waals surface area contributed by atoms with E-state index >= 15 is 0 Å². The van der Waals surface area contributed by atoms with Gasteiger partial charge in [0.05, 0.1) is 13.2 Å². The largest absolute Gasteiger partial charge is 0.493 e. The van der Waals surface area contributed by atoms with Gasteiger partial charge in [-0.3, -0.25) is 4.79 Å². The first-order valence-electron chi connectivity index (χ1n) is 7.68. The lowest BCUT2D eigenvalue weighted by molar-refractivity contribution is 0.0951. The van der Waals surface area contributed by atoms with Crippen molar-refractivity contribution >= 4 is 5.91 Å². The number of methoxy groups -OCH3 is 1. The molecule has 0 saturated carbocycles. The summed E-state index contributed by atoms with van der Waals surface area (Å²) in [5.74, 6) is 1.28. The van der Waals surface area contributed by atoms with Crippen molar-refractivity contribution in [3.8, 4) is 11.5 Å². The maximum absolute atomic E-state index is 12.2. The second-order valence-corrected chi connectivity index (χ2v) is 5.70. The van der Waals surface area contributed by atoms with Crippen LogP contribution in [0, 0.1) is 6.92 Å². The number of hydrogen-bond acceptors (Lipinski definition) is 3. The normalized spacial score (nSPS) is 10.5. The van der Waals surface area contributed by atoms with Crippen molar-refractivity contribution in [1.29, 1.82) is 0 Å². The number of rotatable bonds is 6. The van der Waals surface area contributed by atoms with Crippen LogP contribution in [0.1, 0.15) is 35.3 Å². The molecule has 0 aromatic heterocycles. The predicted molar refractivity (Wildman–Crippen MR) is 91.1 cm³/mol. The van der Waals surface area contributed by atoms with Gasteiger partial charge in [-0.25, -0.2) is 0 Å². The van der Waals surface area contributed by atoms with Crippen molar-refractivity contribution in [2.24, 2.45) is 0 Å². The van der Waals surface area contributed by atoms with Crippen LogP contribution in [0.2, 0.25) is 0 Å².